The number of aliphatic imine (C=N–C) groups is 1. The van der Waals surface area contributed by atoms with Crippen molar-refractivity contribution >= 4 is 41.5 Å². The Morgan fingerprint density at radius 3 is 2.75 bits per heavy atom. The van der Waals surface area contributed by atoms with Gasteiger partial charge in [0.1, 0.15) is 12.4 Å². The molecule has 1 saturated carbocycles. The minimum Gasteiger partial charge on any atom is -0.492 e. The van der Waals surface area contributed by atoms with Crippen molar-refractivity contribution in [3.05, 3.63) is 29.3 Å². The first-order valence-electron chi connectivity index (χ1n) is 8.18. The van der Waals surface area contributed by atoms with Crippen molar-refractivity contribution in [3.63, 3.8) is 0 Å². The molecule has 1 aromatic rings. The maximum absolute atomic E-state index is 5.91. The highest BCUT2D eigenvalue weighted by Gasteiger charge is 2.20. The average Bonchev–Trinajstić information content (AvgIpc) is 3.37. The zero-order chi connectivity index (χ0) is 16.3. The Bertz CT molecular complexity index is 498. The van der Waals surface area contributed by atoms with E-state index in [1.807, 2.05) is 18.2 Å². The Morgan fingerprint density at radius 2 is 2.04 bits per heavy atom. The third-order valence-corrected chi connectivity index (χ3v) is 3.73. The van der Waals surface area contributed by atoms with Crippen LogP contribution in [0, 0.1) is 5.92 Å². The van der Waals surface area contributed by atoms with Gasteiger partial charge in [-0.25, -0.2) is 0 Å². The summed E-state index contributed by atoms with van der Waals surface area (Å²) in [4.78, 5) is 4.18. The molecule has 7 heteroatoms. The van der Waals surface area contributed by atoms with Gasteiger partial charge in [0.15, 0.2) is 5.96 Å². The lowest BCUT2D eigenvalue weighted by Gasteiger charge is -2.12. The number of benzene rings is 1. The van der Waals surface area contributed by atoms with E-state index in [9.17, 15) is 0 Å². The number of halogens is 2. The summed E-state index contributed by atoms with van der Waals surface area (Å²) >= 11 is 5.91. The van der Waals surface area contributed by atoms with Crippen LogP contribution >= 0.6 is 35.6 Å². The van der Waals surface area contributed by atoms with Crippen molar-refractivity contribution in [1.29, 1.82) is 0 Å². The summed E-state index contributed by atoms with van der Waals surface area (Å²) in [6.07, 6.45) is 3.66. The van der Waals surface area contributed by atoms with E-state index in [2.05, 4.69) is 15.6 Å². The van der Waals surface area contributed by atoms with Gasteiger partial charge in [-0.2, -0.15) is 0 Å². The minimum atomic E-state index is 0. The second kappa shape index (κ2) is 12.6. The predicted molar refractivity (Wildman–Crippen MR) is 110 cm³/mol. The number of ether oxygens (including phenoxy) is 2. The highest BCUT2D eigenvalue weighted by molar-refractivity contribution is 14.0. The lowest BCUT2D eigenvalue weighted by Crippen LogP contribution is -2.39. The molecule has 0 aromatic heterocycles. The van der Waals surface area contributed by atoms with E-state index in [1.54, 1.807) is 13.1 Å². The molecule has 1 aliphatic rings. The summed E-state index contributed by atoms with van der Waals surface area (Å²) in [5, 5.41) is 7.15. The van der Waals surface area contributed by atoms with E-state index in [-0.39, 0.29) is 24.0 Å². The normalized spacial score (nSPS) is 14.0. The summed E-state index contributed by atoms with van der Waals surface area (Å²) < 4.78 is 11.2. The predicted octanol–water partition coefficient (Wildman–Crippen LogP) is 3.32. The fourth-order valence-electron chi connectivity index (χ4n) is 2.03. The molecule has 1 aromatic carbocycles. The monoisotopic (exact) mass is 467 g/mol. The maximum Gasteiger partial charge on any atom is 0.191 e. The number of guanidine groups is 1. The first-order chi connectivity index (χ1) is 11.3. The van der Waals surface area contributed by atoms with Gasteiger partial charge in [0.25, 0.3) is 0 Å². The van der Waals surface area contributed by atoms with Gasteiger partial charge in [0, 0.05) is 31.8 Å². The number of nitrogens with zero attached hydrogens (tertiary/aromatic N) is 1. The first kappa shape index (κ1) is 21.3. The molecule has 5 nitrogen and oxygen atoms in total. The van der Waals surface area contributed by atoms with Gasteiger partial charge in [-0.3, -0.25) is 4.99 Å². The summed E-state index contributed by atoms with van der Waals surface area (Å²) in [5.41, 5.74) is 0. The van der Waals surface area contributed by atoms with E-state index in [0.717, 1.165) is 43.8 Å². The number of nitrogens with one attached hydrogen (secondary N) is 2. The SMILES string of the molecule is CN=C(NCCCOCC1CC1)NCCOc1cccc(Cl)c1.I. The van der Waals surface area contributed by atoms with Gasteiger partial charge in [-0.05, 0) is 43.4 Å². The molecule has 0 unspecified atom stereocenters. The highest BCUT2D eigenvalue weighted by atomic mass is 127. The fourth-order valence-corrected chi connectivity index (χ4v) is 2.21. The Balaban J connectivity index is 0.00000288. The Hall–Kier alpha value is -0.730. The van der Waals surface area contributed by atoms with Crippen molar-refractivity contribution in [2.75, 3.05) is 40.0 Å². The Morgan fingerprint density at radius 1 is 1.25 bits per heavy atom. The fraction of sp³-hybridized carbons (Fsp3) is 0.588. The molecule has 0 saturated heterocycles. The lowest BCUT2D eigenvalue weighted by molar-refractivity contribution is 0.123. The van der Waals surface area contributed by atoms with Gasteiger partial charge < -0.3 is 20.1 Å². The zero-order valence-electron chi connectivity index (χ0n) is 14.1. The van der Waals surface area contributed by atoms with E-state index in [4.69, 9.17) is 21.1 Å². The van der Waals surface area contributed by atoms with Crippen LogP contribution in [0.25, 0.3) is 0 Å². The van der Waals surface area contributed by atoms with E-state index >= 15 is 0 Å². The molecule has 0 aliphatic heterocycles. The number of hydrogen-bond acceptors (Lipinski definition) is 3. The maximum atomic E-state index is 5.91. The first-order valence-corrected chi connectivity index (χ1v) is 8.56. The molecule has 0 spiro atoms. The van der Waals surface area contributed by atoms with E-state index in [1.165, 1.54) is 12.8 Å². The van der Waals surface area contributed by atoms with Crippen molar-refractivity contribution in [2.45, 2.75) is 19.3 Å². The molecular weight excluding hydrogens is 441 g/mol. The Labute approximate surface area is 166 Å². The van der Waals surface area contributed by atoms with Gasteiger partial charge in [0.05, 0.1) is 6.54 Å². The summed E-state index contributed by atoms with van der Waals surface area (Å²) in [7, 11) is 1.76. The summed E-state index contributed by atoms with van der Waals surface area (Å²) in [6.45, 7) is 3.79. The number of rotatable bonds is 10. The second-order valence-corrected chi connectivity index (χ2v) is 6.04. The van der Waals surface area contributed by atoms with Crippen molar-refractivity contribution in [2.24, 2.45) is 10.9 Å². The molecule has 2 rings (SSSR count). The van der Waals surface area contributed by atoms with Gasteiger partial charge in [-0.15, -0.1) is 24.0 Å². The standard InChI is InChI=1S/C17H26ClN3O2.HI/c1-19-17(20-8-3-10-22-13-14-6-7-14)21-9-11-23-16-5-2-4-15(18)12-16;/h2,4-5,12,14H,3,6-11,13H2,1H3,(H2,19,20,21);1H. The van der Waals surface area contributed by atoms with Crippen LogP contribution in [-0.4, -0.2) is 45.9 Å². The molecule has 1 fully saturated rings. The van der Waals surface area contributed by atoms with Gasteiger partial charge in [0.2, 0.25) is 0 Å². The minimum absolute atomic E-state index is 0. The molecule has 0 radical (unpaired) electrons. The average molecular weight is 468 g/mol. The van der Waals surface area contributed by atoms with Gasteiger partial charge in [-0.1, -0.05) is 17.7 Å². The van der Waals surface area contributed by atoms with Crippen LogP contribution in [0.4, 0.5) is 0 Å². The molecule has 136 valence electrons. The number of hydrogen-bond donors (Lipinski definition) is 2. The van der Waals surface area contributed by atoms with Crippen LogP contribution in [0.1, 0.15) is 19.3 Å². The van der Waals surface area contributed by atoms with Crippen molar-refractivity contribution < 1.29 is 9.47 Å². The third-order valence-electron chi connectivity index (χ3n) is 3.49. The van der Waals surface area contributed by atoms with Crippen LogP contribution in [0.5, 0.6) is 5.75 Å². The molecule has 0 amide bonds. The lowest BCUT2D eigenvalue weighted by atomic mass is 10.3. The summed E-state index contributed by atoms with van der Waals surface area (Å²) in [5.74, 6) is 2.38. The van der Waals surface area contributed by atoms with Gasteiger partial charge >= 0.3 is 0 Å². The van der Waals surface area contributed by atoms with Crippen LogP contribution in [0.15, 0.2) is 29.3 Å². The molecule has 0 bridgehead atoms. The van der Waals surface area contributed by atoms with Crippen molar-refractivity contribution in [1.82, 2.24) is 10.6 Å². The van der Waals surface area contributed by atoms with Crippen LogP contribution in [0.2, 0.25) is 5.02 Å². The molecule has 2 N–H and O–H groups in total. The second-order valence-electron chi connectivity index (χ2n) is 5.60. The van der Waals surface area contributed by atoms with E-state index < -0.39 is 0 Å². The highest BCUT2D eigenvalue weighted by Crippen LogP contribution is 2.28. The van der Waals surface area contributed by atoms with Crippen molar-refractivity contribution in [3.8, 4) is 5.75 Å². The third kappa shape index (κ3) is 9.54. The quantitative estimate of drug-likeness (QED) is 0.240. The molecule has 24 heavy (non-hydrogen) atoms. The van der Waals surface area contributed by atoms with Crippen LogP contribution < -0.4 is 15.4 Å². The van der Waals surface area contributed by atoms with Crippen LogP contribution in [-0.2, 0) is 4.74 Å². The topological polar surface area (TPSA) is 54.9 Å². The van der Waals surface area contributed by atoms with Crippen LogP contribution in [0.3, 0.4) is 0 Å². The molecular formula is C17H27ClIN3O2. The Kier molecular flexibility index (Phi) is 11.2. The largest absolute Gasteiger partial charge is 0.492 e. The zero-order valence-corrected chi connectivity index (χ0v) is 17.2. The molecule has 0 atom stereocenters. The molecule has 0 heterocycles. The van der Waals surface area contributed by atoms with E-state index in [0.29, 0.717) is 18.2 Å². The summed E-state index contributed by atoms with van der Waals surface area (Å²) in [6, 6.07) is 7.39. The molecule has 1 aliphatic carbocycles. The smallest absolute Gasteiger partial charge is 0.191 e.